The second kappa shape index (κ2) is 7.87. The van der Waals surface area contributed by atoms with E-state index in [0.717, 1.165) is 22.4 Å². The van der Waals surface area contributed by atoms with Gasteiger partial charge in [-0.05, 0) is 41.8 Å². The molecule has 6 heteroatoms. The fourth-order valence-corrected chi connectivity index (χ4v) is 3.57. The van der Waals surface area contributed by atoms with Gasteiger partial charge < -0.3 is 14.7 Å². The van der Waals surface area contributed by atoms with E-state index in [1.165, 1.54) is 11.0 Å². The van der Waals surface area contributed by atoms with Crippen LogP contribution in [0.15, 0.2) is 36.4 Å². The van der Waals surface area contributed by atoms with Crippen LogP contribution in [0.25, 0.3) is 0 Å². The van der Waals surface area contributed by atoms with E-state index in [9.17, 15) is 9.18 Å². The zero-order valence-electron chi connectivity index (χ0n) is 15.5. The zero-order chi connectivity index (χ0) is 19.6. The topological polar surface area (TPSA) is 49.8 Å². The molecule has 0 unspecified atom stereocenters. The number of hydrogen-bond acceptors (Lipinski definition) is 3. The maximum absolute atomic E-state index is 13.7. The Balaban J connectivity index is 1.70. The molecule has 1 heterocycles. The van der Waals surface area contributed by atoms with Gasteiger partial charge in [-0.15, -0.1) is 0 Å². The highest BCUT2D eigenvalue weighted by Gasteiger charge is 2.35. The predicted octanol–water partition coefficient (Wildman–Crippen LogP) is 3.41. The Kier molecular flexibility index (Phi) is 5.72. The molecule has 1 atom stereocenters. The van der Waals surface area contributed by atoms with Crippen LogP contribution in [0.3, 0.4) is 0 Å². The van der Waals surface area contributed by atoms with Crippen LogP contribution >= 0.6 is 11.6 Å². The van der Waals surface area contributed by atoms with Crippen molar-refractivity contribution in [1.82, 2.24) is 4.90 Å². The van der Waals surface area contributed by atoms with E-state index in [-0.39, 0.29) is 24.0 Å². The number of rotatable bonds is 6. The summed E-state index contributed by atoms with van der Waals surface area (Å²) in [7, 11) is 1.68. The third-order valence-corrected chi connectivity index (χ3v) is 5.13. The van der Waals surface area contributed by atoms with Gasteiger partial charge in [0.1, 0.15) is 17.2 Å². The van der Waals surface area contributed by atoms with Crippen LogP contribution in [0.4, 0.5) is 4.39 Å². The van der Waals surface area contributed by atoms with E-state index in [0.29, 0.717) is 19.4 Å². The number of amides is 1. The van der Waals surface area contributed by atoms with Crippen molar-refractivity contribution in [2.24, 2.45) is 0 Å². The molecule has 0 aromatic heterocycles. The van der Waals surface area contributed by atoms with Crippen LogP contribution in [-0.4, -0.2) is 41.7 Å². The van der Waals surface area contributed by atoms with Crippen LogP contribution in [0.5, 0.6) is 5.75 Å². The minimum Gasteiger partial charge on any atom is -0.487 e. The SMILES string of the molecule is CN(CCO)C(=O)Cc1ccc2c(c1)C[C@](C)(Cc1ccc(Cl)c(F)c1)O2. The summed E-state index contributed by atoms with van der Waals surface area (Å²) < 4.78 is 19.8. The van der Waals surface area contributed by atoms with Crippen molar-refractivity contribution in [3.05, 3.63) is 63.9 Å². The van der Waals surface area contributed by atoms with Gasteiger partial charge in [0.15, 0.2) is 0 Å². The van der Waals surface area contributed by atoms with Crippen molar-refractivity contribution >= 4 is 17.5 Å². The van der Waals surface area contributed by atoms with Gasteiger partial charge in [-0.25, -0.2) is 4.39 Å². The number of nitrogens with zero attached hydrogens (tertiary/aromatic N) is 1. The van der Waals surface area contributed by atoms with Crippen molar-refractivity contribution in [3.63, 3.8) is 0 Å². The van der Waals surface area contributed by atoms with Gasteiger partial charge in [-0.1, -0.05) is 29.8 Å². The summed E-state index contributed by atoms with van der Waals surface area (Å²) in [6, 6.07) is 10.6. The monoisotopic (exact) mass is 391 g/mol. The summed E-state index contributed by atoms with van der Waals surface area (Å²) in [5, 5.41) is 9.06. The highest BCUT2D eigenvalue weighted by atomic mass is 35.5. The lowest BCUT2D eigenvalue weighted by Crippen LogP contribution is -2.32. The molecule has 2 aromatic carbocycles. The molecule has 0 bridgehead atoms. The lowest BCUT2D eigenvalue weighted by molar-refractivity contribution is -0.129. The average molecular weight is 392 g/mol. The number of carbonyl (C=O) groups is 1. The van der Waals surface area contributed by atoms with Crippen LogP contribution in [0.1, 0.15) is 23.6 Å². The third kappa shape index (κ3) is 4.60. The molecule has 1 aliphatic rings. The second-order valence-electron chi connectivity index (χ2n) is 7.31. The minimum absolute atomic E-state index is 0.0395. The number of aliphatic hydroxyl groups is 1. The van der Waals surface area contributed by atoms with Gasteiger partial charge in [0, 0.05) is 26.4 Å². The van der Waals surface area contributed by atoms with Gasteiger partial charge in [-0.3, -0.25) is 4.79 Å². The Morgan fingerprint density at radius 2 is 2.04 bits per heavy atom. The normalized spacial score (nSPS) is 18.1. The number of halogens is 2. The molecular weight excluding hydrogens is 369 g/mol. The van der Waals surface area contributed by atoms with Gasteiger partial charge in [0.05, 0.1) is 18.1 Å². The maximum atomic E-state index is 13.7. The third-order valence-electron chi connectivity index (χ3n) is 4.82. The molecular formula is C21H23ClFNO3. The fraction of sp³-hybridized carbons (Fsp3) is 0.381. The summed E-state index contributed by atoms with van der Waals surface area (Å²) in [5.74, 6) is 0.329. The largest absolute Gasteiger partial charge is 0.487 e. The molecule has 0 saturated heterocycles. The van der Waals surface area contributed by atoms with Gasteiger partial charge >= 0.3 is 0 Å². The van der Waals surface area contributed by atoms with Crippen LogP contribution in [0.2, 0.25) is 5.02 Å². The second-order valence-corrected chi connectivity index (χ2v) is 7.72. The van der Waals surface area contributed by atoms with Crippen molar-refractivity contribution in [1.29, 1.82) is 0 Å². The number of aliphatic hydroxyl groups excluding tert-OH is 1. The van der Waals surface area contributed by atoms with E-state index >= 15 is 0 Å². The van der Waals surface area contributed by atoms with Crippen LogP contribution < -0.4 is 4.74 Å². The Morgan fingerprint density at radius 3 is 2.74 bits per heavy atom. The number of hydrogen-bond donors (Lipinski definition) is 1. The number of ether oxygens (including phenoxy) is 1. The molecule has 1 amide bonds. The molecule has 144 valence electrons. The first-order valence-corrected chi connectivity index (χ1v) is 9.27. The Hall–Kier alpha value is -2.11. The standard InChI is InChI=1S/C21H23ClFNO3/c1-21(12-15-3-5-17(22)18(23)10-15)13-16-9-14(4-6-19(16)27-21)11-20(26)24(2)7-8-25/h3-6,9-10,25H,7-8,11-13H2,1-2H3/t21-/m0/s1. The molecule has 3 rings (SSSR count). The van der Waals surface area contributed by atoms with E-state index in [1.54, 1.807) is 13.1 Å². The summed E-state index contributed by atoms with van der Waals surface area (Å²) >= 11 is 5.75. The first-order chi connectivity index (χ1) is 12.8. The first-order valence-electron chi connectivity index (χ1n) is 8.89. The molecule has 27 heavy (non-hydrogen) atoms. The lowest BCUT2D eigenvalue weighted by atomic mass is 9.91. The number of fused-ring (bicyclic) bond motifs is 1. The highest BCUT2D eigenvalue weighted by Crippen LogP contribution is 2.37. The zero-order valence-corrected chi connectivity index (χ0v) is 16.2. The molecule has 0 fully saturated rings. The van der Waals surface area contributed by atoms with Gasteiger partial charge in [-0.2, -0.15) is 0 Å². The van der Waals surface area contributed by atoms with Crippen molar-refractivity contribution < 1.29 is 19.0 Å². The quantitative estimate of drug-likeness (QED) is 0.821. The van der Waals surface area contributed by atoms with Crippen molar-refractivity contribution in [2.75, 3.05) is 20.2 Å². The molecule has 0 saturated carbocycles. The van der Waals surface area contributed by atoms with Gasteiger partial charge in [0.25, 0.3) is 0 Å². The minimum atomic E-state index is -0.473. The smallest absolute Gasteiger partial charge is 0.226 e. The Bertz CT molecular complexity index is 857. The summed E-state index contributed by atoms with van der Waals surface area (Å²) in [5.41, 5.74) is 2.31. The maximum Gasteiger partial charge on any atom is 0.226 e. The number of likely N-dealkylation sites (N-methyl/N-ethyl adjacent to an activating group) is 1. The fourth-order valence-electron chi connectivity index (χ4n) is 3.45. The summed E-state index contributed by atoms with van der Waals surface area (Å²) in [6.07, 6.45) is 1.52. The first kappa shape index (κ1) is 19.6. The molecule has 1 aliphatic heterocycles. The average Bonchev–Trinajstić information content (AvgIpc) is 2.93. The van der Waals surface area contributed by atoms with E-state index in [1.807, 2.05) is 31.2 Å². The highest BCUT2D eigenvalue weighted by molar-refractivity contribution is 6.30. The number of carbonyl (C=O) groups excluding carboxylic acids is 1. The van der Waals surface area contributed by atoms with Crippen LogP contribution in [0, 0.1) is 5.82 Å². The molecule has 4 nitrogen and oxygen atoms in total. The number of benzene rings is 2. The van der Waals surface area contributed by atoms with Gasteiger partial charge in [0.2, 0.25) is 5.91 Å². The molecule has 0 aliphatic carbocycles. The summed E-state index contributed by atoms with van der Waals surface area (Å²) in [4.78, 5) is 13.7. The summed E-state index contributed by atoms with van der Waals surface area (Å²) in [6.45, 7) is 2.27. The Morgan fingerprint density at radius 1 is 1.30 bits per heavy atom. The van der Waals surface area contributed by atoms with E-state index in [4.69, 9.17) is 21.4 Å². The molecule has 1 N–H and O–H groups in total. The van der Waals surface area contributed by atoms with Crippen molar-refractivity contribution in [3.8, 4) is 5.75 Å². The lowest BCUT2D eigenvalue weighted by Gasteiger charge is -2.24. The molecule has 0 spiro atoms. The van der Waals surface area contributed by atoms with E-state index < -0.39 is 11.4 Å². The molecule has 0 radical (unpaired) electrons. The Labute approximate surface area is 163 Å². The van der Waals surface area contributed by atoms with Crippen LogP contribution in [-0.2, 0) is 24.1 Å². The molecule has 2 aromatic rings. The van der Waals surface area contributed by atoms with Crippen molar-refractivity contribution in [2.45, 2.75) is 31.8 Å². The van der Waals surface area contributed by atoms with E-state index in [2.05, 4.69) is 0 Å². The predicted molar refractivity (Wildman–Crippen MR) is 103 cm³/mol.